The van der Waals surface area contributed by atoms with Crippen LogP contribution in [-0.2, 0) is 9.59 Å². The van der Waals surface area contributed by atoms with Crippen molar-refractivity contribution < 1.29 is 14.7 Å². The van der Waals surface area contributed by atoms with E-state index in [2.05, 4.69) is 36.5 Å². The van der Waals surface area contributed by atoms with Crippen molar-refractivity contribution >= 4 is 34.4 Å². The van der Waals surface area contributed by atoms with Crippen LogP contribution in [0.25, 0.3) is 5.57 Å². The first-order chi connectivity index (χ1) is 17.9. The summed E-state index contributed by atoms with van der Waals surface area (Å²) in [6.45, 7) is 3.78. The second-order valence-electron chi connectivity index (χ2n) is 11.0. The van der Waals surface area contributed by atoms with Crippen LogP contribution in [0.15, 0.2) is 53.0 Å². The predicted octanol–water partition coefficient (Wildman–Crippen LogP) is 6.88. The van der Waals surface area contributed by atoms with Gasteiger partial charge in [-0.1, -0.05) is 50.5 Å². The van der Waals surface area contributed by atoms with E-state index in [1.54, 1.807) is 13.0 Å². The minimum atomic E-state index is -0.978. The molecule has 4 aliphatic rings. The zero-order chi connectivity index (χ0) is 25.7. The largest absolute Gasteiger partial charge is 0.478 e. The Morgan fingerprint density at radius 3 is 2.54 bits per heavy atom. The van der Waals surface area contributed by atoms with E-state index in [0.29, 0.717) is 29.3 Å². The molecule has 190 valence electrons. The number of rotatable bonds is 5. The molecule has 6 nitrogen and oxygen atoms in total. The smallest absolute Gasteiger partial charge is 0.336 e. The highest BCUT2D eigenvalue weighted by atomic mass is 16.4. The van der Waals surface area contributed by atoms with Crippen molar-refractivity contribution in [3.8, 4) is 0 Å². The van der Waals surface area contributed by atoms with Gasteiger partial charge in [0.2, 0.25) is 0 Å². The zero-order valence-electron chi connectivity index (χ0n) is 21.5. The van der Waals surface area contributed by atoms with Gasteiger partial charge >= 0.3 is 5.97 Å². The maximum atomic E-state index is 12.7. The van der Waals surface area contributed by atoms with E-state index in [4.69, 9.17) is 9.98 Å². The molecule has 2 N–H and O–H groups in total. The Morgan fingerprint density at radius 1 is 1.08 bits per heavy atom. The number of carbonyl (C=O) groups is 2. The molecule has 6 heteroatoms. The van der Waals surface area contributed by atoms with Gasteiger partial charge in [0.25, 0.3) is 0 Å². The van der Waals surface area contributed by atoms with Gasteiger partial charge < -0.3 is 10.4 Å². The maximum absolute atomic E-state index is 12.7. The van der Waals surface area contributed by atoms with E-state index in [1.807, 2.05) is 12.1 Å². The Bertz CT molecular complexity index is 1360. The van der Waals surface area contributed by atoms with Crippen LogP contribution >= 0.6 is 0 Å². The van der Waals surface area contributed by atoms with E-state index in [9.17, 15) is 14.7 Å². The van der Waals surface area contributed by atoms with Gasteiger partial charge in [-0.15, -0.1) is 0 Å². The number of hydrogen-bond donors (Lipinski definition) is 2. The molecule has 1 aliphatic heterocycles. The third-order valence-corrected chi connectivity index (χ3v) is 8.55. The number of anilines is 1. The fraction of sp³-hybridized carbons (Fsp3) is 0.419. The zero-order valence-corrected chi connectivity index (χ0v) is 21.5. The molecule has 1 unspecified atom stereocenters. The van der Waals surface area contributed by atoms with Gasteiger partial charge in [-0.3, -0.25) is 9.79 Å². The normalized spacial score (nSPS) is 24.7. The molecule has 3 aliphatic carbocycles. The monoisotopic (exact) mass is 495 g/mol. The Balaban J connectivity index is 1.38. The lowest BCUT2D eigenvalue weighted by Gasteiger charge is -2.35. The predicted molar refractivity (Wildman–Crippen MR) is 145 cm³/mol. The maximum Gasteiger partial charge on any atom is 0.336 e. The molecule has 0 amide bonds. The van der Waals surface area contributed by atoms with Crippen molar-refractivity contribution in [2.45, 2.75) is 76.7 Å². The number of pyridine rings is 1. The lowest BCUT2D eigenvalue weighted by atomic mass is 9.73. The van der Waals surface area contributed by atoms with E-state index in [1.165, 1.54) is 37.7 Å². The molecule has 6 rings (SSSR count). The van der Waals surface area contributed by atoms with Gasteiger partial charge in [-0.05, 0) is 67.3 Å². The number of nitrogens with one attached hydrogen (secondary N) is 1. The molecule has 2 aromatic rings. The Labute approximate surface area is 217 Å². The number of carbonyl (C=O) groups excluding carboxylic acids is 1. The van der Waals surface area contributed by atoms with Gasteiger partial charge in [-0.25, -0.2) is 9.78 Å². The lowest BCUT2D eigenvalue weighted by molar-refractivity contribution is -0.132. The SMILES string of the molecule is CC(=O)C1c2cc3c(nc2[C@H](Nc2ccc(C4CCCCC4)cc2)C[C@@H]1C)C1=C(C(=O)O)C=CCC1=N3. The standard InChI is InChI=1S/C31H33N3O3/c1-17-15-25(32-21-13-11-20(12-14-21)19-7-4-3-5-8-19)29-23(27(17)18(2)35)16-26-30(34-29)28-22(31(36)37)9-6-10-24(28)33-26/h6,9,11-14,16-17,19,25,27,32H,3-5,7-8,10,15H2,1-2H3,(H,36,37)/t17-,25+,27?/m0/s1. The first-order valence-corrected chi connectivity index (χ1v) is 13.5. The summed E-state index contributed by atoms with van der Waals surface area (Å²) in [6, 6.07) is 10.7. The number of allylic oxidation sites excluding steroid dienone is 2. The highest BCUT2D eigenvalue weighted by Crippen LogP contribution is 2.48. The molecule has 0 spiro atoms. The van der Waals surface area contributed by atoms with Crippen LogP contribution in [-0.4, -0.2) is 27.6 Å². The third-order valence-electron chi connectivity index (χ3n) is 8.55. The van der Waals surface area contributed by atoms with Crippen molar-refractivity contribution in [2.24, 2.45) is 10.9 Å². The van der Waals surface area contributed by atoms with Crippen molar-refractivity contribution in [2.75, 3.05) is 5.32 Å². The van der Waals surface area contributed by atoms with Crippen molar-refractivity contribution in [1.82, 2.24) is 4.98 Å². The summed E-state index contributed by atoms with van der Waals surface area (Å²) < 4.78 is 0. The number of aliphatic carboxylic acids is 1. The van der Waals surface area contributed by atoms with E-state index in [0.717, 1.165) is 29.1 Å². The topological polar surface area (TPSA) is 91.7 Å². The fourth-order valence-corrected chi connectivity index (χ4v) is 6.81. The molecule has 1 aromatic carbocycles. The summed E-state index contributed by atoms with van der Waals surface area (Å²) in [5.41, 5.74) is 7.06. The molecule has 3 atom stereocenters. The molecular weight excluding hydrogens is 462 g/mol. The Kier molecular flexibility index (Phi) is 6.06. The number of aromatic nitrogens is 1. The van der Waals surface area contributed by atoms with Gasteiger partial charge in [0.15, 0.2) is 0 Å². The number of aliphatic imine (C=N–C) groups is 1. The summed E-state index contributed by atoms with van der Waals surface area (Å²) in [5, 5.41) is 13.5. The number of hydrogen-bond acceptors (Lipinski definition) is 5. The van der Waals surface area contributed by atoms with Crippen LogP contribution in [0.3, 0.4) is 0 Å². The number of fused-ring (bicyclic) bond motifs is 4. The number of carboxylic acids is 1. The molecule has 2 heterocycles. The molecule has 1 fully saturated rings. The second-order valence-corrected chi connectivity index (χ2v) is 11.0. The summed E-state index contributed by atoms with van der Waals surface area (Å²) in [4.78, 5) is 34.5. The van der Waals surface area contributed by atoms with Crippen LogP contribution in [0, 0.1) is 5.92 Å². The van der Waals surface area contributed by atoms with E-state index < -0.39 is 5.97 Å². The molecule has 0 radical (unpaired) electrons. The third kappa shape index (κ3) is 4.22. The van der Waals surface area contributed by atoms with Crippen LogP contribution in [0.4, 0.5) is 11.4 Å². The highest BCUT2D eigenvalue weighted by Gasteiger charge is 2.39. The summed E-state index contributed by atoms with van der Waals surface area (Å²) >= 11 is 0. The molecular formula is C31H33N3O3. The van der Waals surface area contributed by atoms with Crippen LogP contribution in [0.1, 0.15) is 99.2 Å². The number of Topliss-reactive ketones (excluding diaryl/α,β-unsaturated/α-hetero) is 1. The van der Waals surface area contributed by atoms with Gasteiger partial charge in [-0.2, -0.15) is 0 Å². The van der Waals surface area contributed by atoms with Crippen molar-refractivity contribution in [1.29, 1.82) is 0 Å². The van der Waals surface area contributed by atoms with E-state index >= 15 is 0 Å². The molecule has 1 aromatic heterocycles. The first-order valence-electron chi connectivity index (χ1n) is 13.5. The molecule has 37 heavy (non-hydrogen) atoms. The minimum Gasteiger partial charge on any atom is -0.478 e. The minimum absolute atomic E-state index is 0.0801. The second kappa shape index (κ2) is 9.40. The van der Waals surface area contributed by atoms with E-state index in [-0.39, 0.29) is 29.2 Å². The summed E-state index contributed by atoms with van der Waals surface area (Å²) in [5.74, 6) is -0.284. The molecule has 0 saturated heterocycles. The van der Waals surface area contributed by atoms with Crippen LogP contribution < -0.4 is 5.32 Å². The number of benzene rings is 1. The van der Waals surface area contributed by atoms with Crippen LogP contribution in [0.5, 0.6) is 0 Å². The number of nitrogens with zero attached hydrogens (tertiary/aromatic N) is 2. The average Bonchev–Trinajstić information content (AvgIpc) is 3.26. The average molecular weight is 496 g/mol. The number of carboxylic acid groups (broad SMARTS) is 1. The quantitative estimate of drug-likeness (QED) is 0.472. The van der Waals surface area contributed by atoms with Crippen LogP contribution in [0.2, 0.25) is 0 Å². The summed E-state index contributed by atoms with van der Waals surface area (Å²) in [7, 11) is 0. The first kappa shape index (κ1) is 23.8. The van der Waals surface area contributed by atoms with Gasteiger partial charge in [0, 0.05) is 23.6 Å². The molecule has 1 saturated carbocycles. The van der Waals surface area contributed by atoms with Gasteiger partial charge in [0.05, 0.1) is 34.4 Å². The Hall–Kier alpha value is -3.54. The lowest BCUT2D eigenvalue weighted by Crippen LogP contribution is -2.31. The fourth-order valence-electron chi connectivity index (χ4n) is 6.81. The molecule has 0 bridgehead atoms. The Morgan fingerprint density at radius 2 is 1.84 bits per heavy atom. The number of ketones is 1. The summed E-state index contributed by atoms with van der Waals surface area (Å²) in [6.07, 6.45) is 11.4. The van der Waals surface area contributed by atoms with Crippen molar-refractivity contribution in [3.05, 3.63) is 70.6 Å². The van der Waals surface area contributed by atoms with Crippen molar-refractivity contribution in [3.63, 3.8) is 0 Å². The van der Waals surface area contributed by atoms with Gasteiger partial charge in [0.1, 0.15) is 5.78 Å². The highest BCUT2D eigenvalue weighted by molar-refractivity contribution is 6.34.